The molecule has 3 rings (SSSR count). The highest BCUT2D eigenvalue weighted by molar-refractivity contribution is 5.93. The predicted octanol–water partition coefficient (Wildman–Crippen LogP) is 1.59. The first-order valence-corrected chi connectivity index (χ1v) is 8.25. The topological polar surface area (TPSA) is 58.4 Å². The summed E-state index contributed by atoms with van der Waals surface area (Å²) in [5, 5.41) is 4.08. The van der Waals surface area contributed by atoms with Gasteiger partial charge in [-0.15, -0.1) is 6.58 Å². The van der Waals surface area contributed by atoms with Crippen molar-refractivity contribution in [2.75, 3.05) is 19.6 Å². The summed E-state index contributed by atoms with van der Waals surface area (Å²) in [5.74, 6) is 0.256. The van der Waals surface area contributed by atoms with E-state index in [1.165, 1.54) is 0 Å². The van der Waals surface area contributed by atoms with E-state index in [0.717, 1.165) is 32.2 Å². The minimum atomic E-state index is -0.0881. The van der Waals surface area contributed by atoms with Crippen molar-refractivity contribution >= 4 is 11.8 Å². The van der Waals surface area contributed by atoms with Gasteiger partial charge in [0, 0.05) is 44.8 Å². The van der Waals surface area contributed by atoms with Gasteiger partial charge in [0.05, 0.1) is 11.8 Å². The Hall–Kier alpha value is -2.11. The van der Waals surface area contributed by atoms with E-state index in [4.69, 9.17) is 0 Å². The number of hydrogen-bond donors (Lipinski definition) is 0. The molecule has 0 N–H and O–H groups in total. The van der Waals surface area contributed by atoms with Crippen LogP contribution in [0.5, 0.6) is 0 Å². The minimum Gasteiger partial charge on any atom is -0.338 e. The van der Waals surface area contributed by atoms with E-state index in [0.29, 0.717) is 25.1 Å². The monoisotopic (exact) mass is 316 g/mol. The molecule has 1 spiro atoms. The van der Waals surface area contributed by atoms with Crippen molar-refractivity contribution in [3.8, 4) is 0 Å². The highest BCUT2D eigenvalue weighted by Gasteiger charge is 2.45. The molecule has 0 aromatic carbocycles. The van der Waals surface area contributed by atoms with E-state index in [1.54, 1.807) is 23.2 Å². The number of nitrogens with zero attached hydrogens (tertiary/aromatic N) is 4. The molecule has 23 heavy (non-hydrogen) atoms. The van der Waals surface area contributed by atoms with Crippen LogP contribution in [0.15, 0.2) is 25.0 Å². The molecule has 2 fully saturated rings. The van der Waals surface area contributed by atoms with Gasteiger partial charge in [0.1, 0.15) is 0 Å². The Morgan fingerprint density at radius 2 is 2.22 bits per heavy atom. The maximum Gasteiger partial charge on any atom is 0.257 e. The van der Waals surface area contributed by atoms with Crippen LogP contribution in [-0.4, -0.2) is 56.6 Å². The van der Waals surface area contributed by atoms with E-state index in [2.05, 4.69) is 11.7 Å². The Labute approximate surface area is 136 Å². The average Bonchev–Trinajstić information content (AvgIpc) is 3.01. The molecular formula is C17H24N4O2. The summed E-state index contributed by atoms with van der Waals surface area (Å²) >= 11 is 0. The maximum absolute atomic E-state index is 12.6. The van der Waals surface area contributed by atoms with E-state index in [1.807, 2.05) is 16.8 Å². The number of aromatic nitrogens is 2. The van der Waals surface area contributed by atoms with Crippen LogP contribution < -0.4 is 0 Å². The van der Waals surface area contributed by atoms with E-state index in [9.17, 15) is 9.59 Å². The zero-order valence-corrected chi connectivity index (χ0v) is 13.7. The van der Waals surface area contributed by atoms with Crippen molar-refractivity contribution in [2.45, 2.75) is 37.6 Å². The quantitative estimate of drug-likeness (QED) is 0.796. The van der Waals surface area contributed by atoms with Crippen LogP contribution in [0.3, 0.4) is 0 Å². The third-order valence-electron chi connectivity index (χ3n) is 5.15. The highest BCUT2D eigenvalue weighted by atomic mass is 16.2. The molecule has 0 aliphatic carbocycles. The Bertz CT molecular complexity index is 624. The number of amides is 2. The van der Waals surface area contributed by atoms with Crippen molar-refractivity contribution in [2.24, 2.45) is 7.05 Å². The second-order valence-electron chi connectivity index (χ2n) is 6.57. The summed E-state index contributed by atoms with van der Waals surface area (Å²) in [5.41, 5.74) is 0.545. The fourth-order valence-electron chi connectivity index (χ4n) is 3.91. The molecule has 1 aromatic heterocycles. The van der Waals surface area contributed by atoms with Gasteiger partial charge in [-0.25, -0.2) is 0 Å². The summed E-state index contributed by atoms with van der Waals surface area (Å²) in [6.45, 7) is 5.81. The van der Waals surface area contributed by atoms with Crippen molar-refractivity contribution in [1.29, 1.82) is 0 Å². The van der Waals surface area contributed by atoms with Crippen molar-refractivity contribution in [3.05, 3.63) is 30.6 Å². The molecule has 2 amide bonds. The molecule has 3 heterocycles. The third-order valence-corrected chi connectivity index (χ3v) is 5.15. The largest absolute Gasteiger partial charge is 0.338 e. The molecule has 1 unspecified atom stereocenters. The molecule has 0 bridgehead atoms. The van der Waals surface area contributed by atoms with Gasteiger partial charge in [-0.2, -0.15) is 5.10 Å². The predicted molar refractivity (Wildman–Crippen MR) is 86.8 cm³/mol. The van der Waals surface area contributed by atoms with Crippen LogP contribution in [0.1, 0.15) is 42.5 Å². The molecule has 6 heteroatoms. The maximum atomic E-state index is 12.6. The lowest BCUT2D eigenvalue weighted by Gasteiger charge is -2.37. The first-order chi connectivity index (χ1) is 11.1. The zero-order chi connectivity index (χ0) is 16.4. The van der Waals surface area contributed by atoms with Crippen LogP contribution in [0.25, 0.3) is 0 Å². The molecule has 6 nitrogen and oxygen atoms in total. The van der Waals surface area contributed by atoms with Crippen molar-refractivity contribution in [1.82, 2.24) is 19.6 Å². The lowest BCUT2D eigenvalue weighted by molar-refractivity contribution is -0.130. The lowest BCUT2D eigenvalue weighted by atomic mass is 9.87. The molecule has 1 atom stereocenters. The van der Waals surface area contributed by atoms with Gasteiger partial charge in [-0.1, -0.05) is 6.08 Å². The summed E-state index contributed by atoms with van der Waals surface area (Å²) in [4.78, 5) is 28.7. The SMILES string of the molecule is C=CCN1C(=O)CCC12CCCN(C(=O)c1cnn(C)c1)CC2. The van der Waals surface area contributed by atoms with Crippen LogP contribution in [0, 0.1) is 0 Å². The number of likely N-dealkylation sites (tertiary alicyclic amines) is 2. The number of rotatable bonds is 3. The summed E-state index contributed by atoms with van der Waals surface area (Å²) in [7, 11) is 1.81. The number of hydrogen-bond acceptors (Lipinski definition) is 3. The van der Waals surface area contributed by atoms with Gasteiger partial charge in [0.2, 0.25) is 5.91 Å². The van der Waals surface area contributed by atoms with Gasteiger partial charge in [0.25, 0.3) is 5.91 Å². The van der Waals surface area contributed by atoms with E-state index >= 15 is 0 Å². The van der Waals surface area contributed by atoms with Gasteiger partial charge < -0.3 is 9.80 Å². The standard InChI is InChI=1S/C17H24N4O2/c1-3-9-21-15(22)5-7-17(21)6-4-10-20(11-8-17)16(23)14-12-18-19(2)13-14/h3,12-13H,1,4-11H2,2H3. The number of carbonyl (C=O) groups excluding carboxylic acids is 2. The molecule has 0 radical (unpaired) electrons. The van der Waals surface area contributed by atoms with E-state index in [-0.39, 0.29) is 17.4 Å². The molecule has 2 saturated heterocycles. The Balaban J connectivity index is 1.73. The van der Waals surface area contributed by atoms with Crippen LogP contribution >= 0.6 is 0 Å². The Morgan fingerprint density at radius 3 is 2.91 bits per heavy atom. The van der Waals surface area contributed by atoms with Gasteiger partial charge in [-0.3, -0.25) is 14.3 Å². The third kappa shape index (κ3) is 2.90. The fraction of sp³-hybridized carbons (Fsp3) is 0.588. The molecule has 1 aromatic rings. The average molecular weight is 316 g/mol. The van der Waals surface area contributed by atoms with Gasteiger partial charge >= 0.3 is 0 Å². The summed E-state index contributed by atoms with van der Waals surface area (Å²) < 4.78 is 1.65. The zero-order valence-electron chi connectivity index (χ0n) is 13.7. The molecule has 2 aliphatic rings. The normalized spacial score (nSPS) is 25.0. The first kappa shape index (κ1) is 15.8. The molecule has 2 aliphatic heterocycles. The number of aryl methyl sites for hydroxylation is 1. The highest BCUT2D eigenvalue weighted by Crippen LogP contribution is 2.39. The minimum absolute atomic E-state index is 0.0368. The Kier molecular flexibility index (Phi) is 4.24. The van der Waals surface area contributed by atoms with Gasteiger partial charge in [0.15, 0.2) is 0 Å². The number of carbonyl (C=O) groups is 2. The van der Waals surface area contributed by atoms with Crippen LogP contribution in [0.4, 0.5) is 0 Å². The Morgan fingerprint density at radius 1 is 1.39 bits per heavy atom. The summed E-state index contributed by atoms with van der Waals surface area (Å²) in [6.07, 6.45) is 9.42. The summed E-state index contributed by atoms with van der Waals surface area (Å²) in [6, 6.07) is 0. The fourth-order valence-corrected chi connectivity index (χ4v) is 3.91. The smallest absolute Gasteiger partial charge is 0.257 e. The van der Waals surface area contributed by atoms with E-state index < -0.39 is 0 Å². The second kappa shape index (κ2) is 6.18. The van der Waals surface area contributed by atoms with Gasteiger partial charge in [-0.05, 0) is 25.7 Å². The first-order valence-electron chi connectivity index (χ1n) is 8.25. The molecule has 0 saturated carbocycles. The molecular weight excluding hydrogens is 292 g/mol. The van der Waals surface area contributed by atoms with Crippen LogP contribution in [-0.2, 0) is 11.8 Å². The second-order valence-corrected chi connectivity index (χ2v) is 6.57. The van der Waals surface area contributed by atoms with Crippen molar-refractivity contribution in [3.63, 3.8) is 0 Å². The van der Waals surface area contributed by atoms with Crippen LogP contribution in [0.2, 0.25) is 0 Å². The van der Waals surface area contributed by atoms with Crippen molar-refractivity contribution < 1.29 is 9.59 Å². The molecule has 124 valence electrons. The lowest BCUT2D eigenvalue weighted by Crippen LogP contribution is -2.46.